The van der Waals surface area contributed by atoms with Crippen molar-refractivity contribution >= 4 is 17.5 Å². The summed E-state index contributed by atoms with van der Waals surface area (Å²) in [6, 6.07) is 0. The summed E-state index contributed by atoms with van der Waals surface area (Å²) in [6.07, 6.45) is 2.99. The summed E-state index contributed by atoms with van der Waals surface area (Å²) in [5, 5.41) is 10.6. The van der Waals surface area contributed by atoms with Crippen LogP contribution in [0.1, 0.15) is 6.92 Å². The molecule has 1 rings (SSSR count). The molecule has 0 amide bonds. The molecule has 0 bridgehead atoms. The number of hydrogen-bond donors (Lipinski definition) is 2. The Morgan fingerprint density at radius 2 is 2.56 bits per heavy atom. The fourth-order valence-electron chi connectivity index (χ4n) is 0.553. The number of aliphatic imine (C=N–C) groups is 1. The van der Waals surface area contributed by atoms with Gasteiger partial charge in [-0.25, -0.2) is 4.99 Å². The van der Waals surface area contributed by atoms with Crippen molar-refractivity contribution in [2.45, 2.75) is 12.0 Å². The number of nitrogens with zero attached hydrogens (tertiary/aromatic N) is 1. The average Bonchev–Trinajstić information content (AvgIpc) is 1.60. The van der Waals surface area contributed by atoms with E-state index in [1.54, 1.807) is 13.1 Å². The predicted octanol–water partition coefficient (Wildman–Crippen LogP) is 0.972. The first-order valence-electron chi connectivity index (χ1n) is 2.52. The van der Waals surface area contributed by atoms with Crippen LogP contribution in [0.4, 0.5) is 0 Å². The maximum atomic E-state index is 8.78. The Morgan fingerprint density at radius 3 is 2.89 bits per heavy atom. The van der Waals surface area contributed by atoms with Crippen LogP contribution in [-0.4, -0.2) is 16.1 Å². The lowest BCUT2D eigenvalue weighted by atomic mass is 10.4. The van der Waals surface area contributed by atoms with Gasteiger partial charge in [0.2, 0.25) is 11.0 Å². The Balaban J connectivity index is 2.78. The number of aliphatic hydroxyl groups is 1. The molecule has 3 nitrogen and oxygen atoms in total. The van der Waals surface area contributed by atoms with Gasteiger partial charge in [-0.1, -0.05) is 11.6 Å². The van der Waals surface area contributed by atoms with Crippen LogP contribution in [0.3, 0.4) is 0 Å². The lowest BCUT2D eigenvalue weighted by Gasteiger charge is -2.19. The van der Waals surface area contributed by atoms with Crippen LogP contribution in [-0.2, 0) is 0 Å². The van der Waals surface area contributed by atoms with Crippen molar-refractivity contribution in [2.75, 3.05) is 0 Å². The molecule has 1 aliphatic rings. The van der Waals surface area contributed by atoms with Crippen LogP contribution in [0.15, 0.2) is 17.3 Å². The van der Waals surface area contributed by atoms with E-state index in [2.05, 4.69) is 10.3 Å². The molecule has 1 atom stereocenters. The minimum Gasteiger partial charge on any atom is -0.493 e. The van der Waals surface area contributed by atoms with E-state index in [1.807, 2.05) is 0 Å². The molecule has 0 aromatic rings. The lowest BCUT2D eigenvalue weighted by Crippen LogP contribution is -2.33. The van der Waals surface area contributed by atoms with Gasteiger partial charge < -0.3 is 10.4 Å². The Hall–Kier alpha value is -0.700. The monoisotopic (exact) mass is 146 g/mol. The van der Waals surface area contributed by atoms with Crippen LogP contribution in [0, 0.1) is 0 Å². The molecular formula is C5H7ClN2O. The van der Waals surface area contributed by atoms with Crippen molar-refractivity contribution in [3.05, 3.63) is 12.3 Å². The van der Waals surface area contributed by atoms with E-state index in [0.29, 0.717) is 0 Å². The van der Waals surface area contributed by atoms with Crippen molar-refractivity contribution in [3.63, 3.8) is 0 Å². The van der Waals surface area contributed by atoms with Gasteiger partial charge in [-0.15, -0.1) is 0 Å². The molecule has 0 aliphatic carbocycles. The summed E-state index contributed by atoms with van der Waals surface area (Å²) >= 11 is 5.66. The average molecular weight is 147 g/mol. The van der Waals surface area contributed by atoms with Crippen LogP contribution in [0.2, 0.25) is 0 Å². The zero-order valence-corrected chi connectivity index (χ0v) is 5.68. The first-order valence-corrected chi connectivity index (χ1v) is 2.90. The normalized spacial score (nSPS) is 33.3. The maximum Gasteiger partial charge on any atom is 0.210 e. The summed E-state index contributed by atoms with van der Waals surface area (Å²) in [4.78, 5) is 3.65. The van der Waals surface area contributed by atoms with E-state index in [4.69, 9.17) is 16.7 Å². The largest absolute Gasteiger partial charge is 0.493 e. The summed E-state index contributed by atoms with van der Waals surface area (Å²) in [6.45, 7) is 1.65. The van der Waals surface area contributed by atoms with E-state index in [-0.39, 0.29) is 5.90 Å². The van der Waals surface area contributed by atoms with Gasteiger partial charge in [0, 0.05) is 12.3 Å². The molecule has 0 spiro atoms. The first kappa shape index (κ1) is 6.42. The van der Waals surface area contributed by atoms with E-state index >= 15 is 0 Å². The van der Waals surface area contributed by atoms with Crippen LogP contribution < -0.4 is 5.32 Å². The maximum absolute atomic E-state index is 8.78. The molecule has 0 fully saturated rings. The van der Waals surface area contributed by atoms with Gasteiger partial charge in [-0.05, 0) is 6.92 Å². The molecule has 9 heavy (non-hydrogen) atoms. The summed E-state index contributed by atoms with van der Waals surface area (Å²) < 4.78 is 0. The second kappa shape index (κ2) is 1.92. The number of alkyl halides is 1. The smallest absolute Gasteiger partial charge is 0.210 e. The zero-order chi connectivity index (χ0) is 6.91. The molecule has 0 aromatic heterocycles. The van der Waals surface area contributed by atoms with Crippen molar-refractivity contribution in [2.24, 2.45) is 4.99 Å². The minimum atomic E-state index is -0.876. The highest BCUT2D eigenvalue weighted by Crippen LogP contribution is 2.13. The van der Waals surface area contributed by atoms with E-state index < -0.39 is 5.12 Å². The molecule has 0 radical (unpaired) electrons. The van der Waals surface area contributed by atoms with Crippen molar-refractivity contribution in [1.82, 2.24) is 5.32 Å². The number of rotatable bonds is 0. The van der Waals surface area contributed by atoms with E-state index in [0.717, 1.165) is 0 Å². The molecule has 0 saturated heterocycles. The third-order valence-corrected chi connectivity index (χ3v) is 1.10. The second-order valence-electron chi connectivity index (χ2n) is 1.90. The topological polar surface area (TPSA) is 44.6 Å². The molecular weight excluding hydrogens is 140 g/mol. The number of nitrogens with one attached hydrogen (secondary N) is 1. The SMILES string of the molecule is CC1(Cl)N=C(O)C=CN1. The van der Waals surface area contributed by atoms with Crippen molar-refractivity contribution in [3.8, 4) is 0 Å². The minimum absolute atomic E-state index is 0.0498. The standard InChI is InChI=1S/C5H7ClN2O/c1-5(6)7-3-2-4(9)8-5/h2-3,7H,1H3,(H,8,9). The second-order valence-corrected chi connectivity index (χ2v) is 2.64. The Labute approximate surface area is 58.0 Å². The lowest BCUT2D eigenvalue weighted by molar-refractivity contribution is 0.508. The molecule has 50 valence electrons. The molecule has 0 saturated carbocycles. The van der Waals surface area contributed by atoms with Gasteiger partial charge in [-0.2, -0.15) is 0 Å². The Bertz CT molecular complexity index is 174. The van der Waals surface area contributed by atoms with Gasteiger partial charge in [0.05, 0.1) is 0 Å². The third kappa shape index (κ3) is 1.61. The highest BCUT2D eigenvalue weighted by molar-refractivity contribution is 6.24. The molecule has 1 aliphatic heterocycles. The summed E-state index contributed by atoms with van der Waals surface area (Å²) in [5.41, 5.74) is 0. The summed E-state index contributed by atoms with van der Waals surface area (Å²) in [7, 11) is 0. The molecule has 2 N–H and O–H groups in total. The number of hydrogen-bond acceptors (Lipinski definition) is 2. The third-order valence-electron chi connectivity index (χ3n) is 0.904. The van der Waals surface area contributed by atoms with E-state index in [1.165, 1.54) is 6.08 Å². The Morgan fingerprint density at radius 1 is 1.89 bits per heavy atom. The van der Waals surface area contributed by atoms with Gasteiger partial charge >= 0.3 is 0 Å². The fraction of sp³-hybridized carbons (Fsp3) is 0.400. The van der Waals surface area contributed by atoms with Crippen LogP contribution >= 0.6 is 11.6 Å². The molecule has 4 heteroatoms. The van der Waals surface area contributed by atoms with Gasteiger partial charge in [0.1, 0.15) is 0 Å². The van der Waals surface area contributed by atoms with Gasteiger partial charge in [0.15, 0.2) is 0 Å². The Kier molecular flexibility index (Phi) is 1.37. The molecule has 0 aromatic carbocycles. The van der Waals surface area contributed by atoms with Crippen LogP contribution in [0.5, 0.6) is 0 Å². The fourth-order valence-corrected chi connectivity index (χ4v) is 0.703. The molecule has 1 heterocycles. The zero-order valence-electron chi connectivity index (χ0n) is 4.93. The first-order chi connectivity index (χ1) is 4.10. The van der Waals surface area contributed by atoms with Gasteiger partial charge in [-0.3, -0.25) is 0 Å². The van der Waals surface area contributed by atoms with Gasteiger partial charge in [0.25, 0.3) is 0 Å². The van der Waals surface area contributed by atoms with Crippen molar-refractivity contribution < 1.29 is 5.11 Å². The highest BCUT2D eigenvalue weighted by atomic mass is 35.5. The van der Waals surface area contributed by atoms with E-state index in [9.17, 15) is 0 Å². The van der Waals surface area contributed by atoms with Crippen molar-refractivity contribution in [1.29, 1.82) is 0 Å². The summed E-state index contributed by atoms with van der Waals surface area (Å²) in [5.74, 6) is -0.0498. The number of halogens is 1. The predicted molar refractivity (Wildman–Crippen MR) is 36.6 cm³/mol. The number of aliphatic hydroxyl groups excluding tert-OH is 1. The quantitative estimate of drug-likeness (QED) is 0.395. The van der Waals surface area contributed by atoms with Crippen LogP contribution in [0.25, 0.3) is 0 Å². The molecule has 1 unspecified atom stereocenters. The highest BCUT2D eigenvalue weighted by Gasteiger charge is 2.19.